The van der Waals surface area contributed by atoms with E-state index >= 15 is 0 Å². The lowest BCUT2D eigenvalue weighted by Crippen LogP contribution is -2.39. The Labute approximate surface area is 134 Å². The molecule has 3 N–H and O–H groups in total. The Bertz CT molecular complexity index is 787. The van der Waals surface area contributed by atoms with E-state index in [0.29, 0.717) is 5.75 Å². The fraction of sp³-hybridized carbons (Fsp3) is 0.333. The summed E-state index contributed by atoms with van der Waals surface area (Å²) in [5, 5.41) is 29.5. The number of rotatable bonds is 1. The quantitative estimate of drug-likeness (QED) is 0.705. The average molecular weight is 313 g/mol. The van der Waals surface area contributed by atoms with Gasteiger partial charge in [-0.25, -0.2) is 0 Å². The first-order chi connectivity index (χ1) is 11.1. The predicted molar refractivity (Wildman–Crippen MR) is 85.0 cm³/mol. The molecule has 5 heteroatoms. The van der Waals surface area contributed by atoms with Gasteiger partial charge in [0.05, 0.1) is 7.11 Å². The number of hydrogen-bond donors (Lipinski definition) is 3. The van der Waals surface area contributed by atoms with Crippen LogP contribution in [0, 0.1) is 0 Å². The van der Waals surface area contributed by atoms with Crippen LogP contribution in [0.25, 0.3) is 0 Å². The van der Waals surface area contributed by atoms with Crippen molar-refractivity contribution in [2.75, 3.05) is 13.7 Å². The minimum Gasteiger partial charge on any atom is -0.504 e. The van der Waals surface area contributed by atoms with E-state index in [9.17, 15) is 15.3 Å². The van der Waals surface area contributed by atoms with Crippen molar-refractivity contribution >= 4 is 0 Å². The molecule has 1 unspecified atom stereocenters. The lowest BCUT2D eigenvalue weighted by Gasteiger charge is -2.41. The van der Waals surface area contributed by atoms with Crippen molar-refractivity contribution in [3.63, 3.8) is 0 Å². The second-order valence-electron chi connectivity index (χ2n) is 6.27. The molecule has 0 spiro atoms. The van der Waals surface area contributed by atoms with Crippen LogP contribution in [0.15, 0.2) is 24.3 Å². The summed E-state index contributed by atoms with van der Waals surface area (Å²) in [6.45, 7) is 1.65. The fourth-order valence-electron chi connectivity index (χ4n) is 3.79. The summed E-state index contributed by atoms with van der Waals surface area (Å²) in [6, 6.07) is 7.24. The normalized spacial score (nSPS) is 19.6. The number of fused-ring (bicyclic) bond motifs is 4. The van der Waals surface area contributed by atoms with Crippen molar-refractivity contribution in [3.8, 4) is 23.0 Å². The SMILES string of the molecule is COc1cc2c(cc1O)CCN1Cc3cc(O)c(O)cc3CC21. The van der Waals surface area contributed by atoms with E-state index in [2.05, 4.69) is 4.90 Å². The van der Waals surface area contributed by atoms with E-state index in [-0.39, 0.29) is 23.3 Å². The number of aromatic hydroxyl groups is 3. The molecule has 23 heavy (non-hydrogen) atoms. The summed E-state index contributed by atoms with van der Waals surface area (Å²) >= 11 is 0. The van der Waals surface area contributed by atoms with Crippen LogP contribution < -0.4 is 4.74 Å². The van der Waals surface area contributed by atoms with Gasteiger partial charge in [-0.3, -0.25) is 4.90 Å². The molecule has 2 aromatic carbocycles. The van der Waals surface area contributed by atoms with Crippen LogP contribution in [0.3, 0.4) is 0 Å². The summed E-state index contributed by atoms with van der Waals surface area (Å²) in [5.41, 5.74) is 4.44. The van der Waals surface area contributed by atoms with E-state index in [1.54, 1.807) is 25.3 Å². The molecule has 5 nitrogen and oxygen atoms in total. The summed E-state index contributed by atoms with van der Waals surface area (Å²) in [7, 11) is 1.55. The van der Waals surface area contributed by atoms with Gasteiger partial charge in [0, 0.05) is 19.1 Å². The molecule has 0 aromatic heterocycles. The second-order valence-corrected chi connectivity index (χ2v) is 6.27. The van der Waals surface area contributed by atoms with Gasteiger partial charge < -0.3 is 20.1 Å². The fourth-order valence-corrected chi connectivity index (χ4v) is 3.79. The number of phenolic OH excluding ortho intramolecular Hbond substituents is 3. The number of methoxy groups -OCH3 is 1. The van der Waals surface area contributed by atoms with Crippen LogP contribution in [-0.4, -0.2) is 33.9 Å². The highest BCUT2D eigenvalue weighted by Gasteiger charge is 2.33. The minimum atomic E-state index is -0.0727. The predicted octanol–water partition coefficient (Wildman–Crippen LogP) is 2.47. The maximum Gasteiger partial charge on any atom is 0.160 e. The molecular formula is C18H19NO4. The van der Waals surface area contributed by atoms with Crippen LogP contribution in [0.4, 0.5) is 0 Å². The van der Waals surface area contributed by atoms with Gasteiger partial charge >= 0.3 is 0 Å². The lowest BCUT2D eigenvalue weighted by molar-refractivity contribution is 0.160. The molecule has 2 aliphatic heterocycles. The maximum atomic E-state index is 9.99. The molecule has 0 amide bonds. The van der Waals surface area contributed by atoms with Gasteiger partial charge in [-0.05, 0) is 59.4 Å². The molecule has 2 aliphatic rings. The smallest absolute Gasteiger partial charge is 0.160 e. The van der Waals surface area contributed by atoms with Gasteiger partial charge in [-0.2, -0.15) is 0 Å². The van der Waals surface area contributed by atoms with Crippen LogP contribution in [0.1, 0.15) is 28.3 Å². The first kappa shape index (κ1) is 14.2. The van der Waals surface area contributed by atoms with E-state index in [0.717, 1.165) is 42.6 Å². The minimum absolute atomic E-state index is 0.0637. The van der Waals surface area contributed by atoms with E-state index in [1.807, 2.05) is 6.07 Å². The first-order valence-electron chi connectivity index (χ1n) is 7.74. The number of nitrogens with zero attached hydrogens (tertiary/aromatic N) is 1. The Hall–Kier alpha value is -2.40. The molecule has 2 heterocycles. The third-order valence-electron chi connectivity index (χ3n) is 4.99. The summed E-state index contributed by atoms with van der Waals surface area (Å²) in [4.78, 5) is 2.37. The zero-order valence-electron chi connectivity index (χ0n) is 12.9. The van der Waals surface area contributed by atoms with Crippen LogP contribution in [0.5, 0.6) is 23.0 Å². The average Bonchev–Trinajstić information content (AvgIpc) is 2.53. The Morgan fingerprint density at radius 2 is 1.65 bits per heavy atom. The number of benzene rings is 2. The Morgan fingerprint density at radius 1 is 0.957 bits per heavy atom. The van der Waals surface area contributed by atoms with Gasteiger partial charge in [-0.15, -0.1) is 0 Å². The highest BCUT2D eigenvalue weighted by Crippen LogP contribution is 2.43. The van der Waals surface area contributed by atoms with Crippen molar-refractivity contribution in [3.05, 3.63) is 46.5 Å². The molecule has 120 valence electrons. The van der Waals surface area contributed by atoms with Crippen molar-refractivity contribution in [2.45, 2.75) is 25.4 Å². The summed E-state index contributed by atoms with van der Waals surface area (Å²) in [5.74, 6) is 0.533. The van der Waals surface area contributed by atoms with Crippen LogP contribution in [-0.2, 0) is 19.4 Å². The molecular weight excluding hydrogens is 294 g/mol. The highest BCUT2D eigenvalue weighted by atomic mass is 16.5. The number of hydrogen-bond acceptors (Lipinski definition) is 5. The lowest BCUT2D eigenvalue weighted by atomic mass is 9.83. The molecule has 1 atom stereocenters. The third kappa shape index (κ3) is 2.19. The van der Waals surface area contributed by atoms with Gasteiger partial charge in [0.25, 0.3) is 0 Å². The molecule has 0 radical (unpaired) electrons. The molecule has 0 aliphatic carbocycles. The number of phenols is 3. The van der Waals surface area contributed by atoms with E-state index in [1.165, 1.54) is 5.56 Å². The Balaban J connectivity index is 1.78. The first-order valence-corrected chi connectivity index (χ1v) is 7.74. The van der Waals surface area contributed by atoms with Gasteiger partial charge in [0.15, 0.2) is 23.0 Å². The van der Waals surface area contributed by atoms with Crippen molar-refractivity contribution < 1.29 is 20.1 Å². The van der Waals surface area contributed by atoms with E-state index in [4.69, 9.17) is 4.74 Å². The zero-order valence-corrected chi connectivity index (χ0v) is 12.9. The molecule has 0 fully saturated rings. The standard InChI is InChI=1S/C18H19NO4/c1-23-18-8-13-10(5-17(18)22)2-3-19-9-12-7-16(21)15(20)6-11(12)4-14(13)19/h5-8,14,20-22H,2-4,9H2,1H3. The molecule has 2 aromatic rings. The van der Waals surface area contributed by atoms with Crippen molar-refractivity contribution in [1.29, 1.82) is 0 Å². The molecule has 0 bridgehead atoms. The van der Waals surface area contributed by atoms with Crippen molar-refractivity contribution in [1.82, 2.24) is 4.90 Å². The monoisotopic (exact) mass is 313 g/mol. The largest absolute Gasteiger partial charge is 0.504 e. The summed E-state index contributed by atoms with van der Waals surface area (Å²) < 4.78 is 5.25. The van der Waals surface area contributed by atoms with Crippen molar-refractivity contribution in [2.24, 2.45) is 0 Å². The Kier molecular flexibility index (Phi) is 3.13. The topological polar surface area (TPSA) is 73.2 Å². The Morgan fingerprint density at radius 3 is 2.39 bits per heavy atom. The summed E-state index contributed by atoms with van der Waals surface area (Å²) in [6.07, 6.45) is 1.65. The second kappa shape index (κ2) is 5.06. The van der Waals surface area contributed by atoms with Gasteiger partial charge in [0.1, 0.15) is 0 Å². The third-order valence-corrected chi connectivity index (χ3v) is 4.99. The van der Waals surface area contributed by atoms with Crippen LogP contribution >= 0.6 is 0 Å². The van der Waals surface area contributed by atoms with E-state index < -0.39 is 0 Å². The van der Waals surface area contributed by atoms with Crippen LogP contribution in [0.2, 0.25) is 0 Å². The van der Waals surface area contributed by atoms with Gasteiger partial charge in [-0.1, -0.05) is 0 Å². The number of ether oxygens (including phenoxy) is 1. The maximum absolute atomic E-state index is 9.99. The van der Waals surface area contributed by atoms with Gasteiger partial charge in [0.2, 0.25) is 0 Å². The zero-order chi connectivity index (χ0) is 16.1. The highest BCUT2D eigenvalue weighted by molar-refractivity contribution is 5.51. The molecule has 4 rings (SSSR count). The molecule has 0 saturated heterocycles. The molecule has 0 saturated carbocycles.